The summed E-state index contributed by atoms with van der Waals surface area (Å²) in [6, 6.07) is 11.4. The average Bonchev–Trinajstić information content (AvgIpc) is 3.20. The summed E-state index contributed by atoms with van der Waals surface area (Å²) in [4.78, 5) is 8.23. The van der Waals surface area contributed by atoms with Gasteiger partial charge in [0.25, 0.3) is 0 Å². The maximum absolute atomic E-state index is 4.43. The molecule has 1 atom stereocenters. The molecular formula is C16H23N3S. The topological polar surface area (TPSA) is 27.6 Å². The van der Waals surface area contributed by atoms with Gasteiger partial charge in [-0.2, -0.15) is 0 Å². The highest BCUT2D eigenvalue weighted by Gasteiger charge is 2.28. The first-order valence-corrected chi connectivity index (χ1v) is 8.50. The summed E-state index contributed by atoms with van der Waals surface area (Å²) in [5.41, 5.74) is 0. The number of rotatable bonds is 4. The second-order valence-corrected chi connectivity index (χ2v) is 6.78. The second kappa shape index (κ2) is 6.53. The summed E-state index contributed by atoms with van der Waals surface area (Å²) >= 11 is 1.98. The van der Waals surface area contributed by atoms with Crippen LogP contribution in [0.3, 0.4) is 0 Å². The van der Waals surface area contributed by atoms with E-state index >= 15 is 0 Å². The van der Waals surface area contributed by atoms with Crippen LogP contribution in [0.4, 0.5) is 0 Å². The molecule has 0 spiro atoms. The lowest BCUT2D eigenvalue weighted by molar-refractivity contribution is 0.474. The van der Waals surface area contributed by atoms with E-state index in [9.17, 15) is 0 Å². The number of hydrogen-bond donors (Lipinski definition) is 1. The number of likely N-dealkylation sites (tertiary alicyclic amines) is 1. The van der Waals surface area contributed by atoms with Gasteiger partial charge in [0, 0.05) is 36.8 Å². The van der Waals surface area contributed by atoms with Gasteiger partial charge in [0.2, 0.25) is 0 Å². The summed E-state index contributed by atoms with van der Waals surface area (Å²) in [6.07, 6.45) is 3.89. The summed E-state index contributed by atoms with van der Waals surface area (Å²) in [6.45, 7) is 2.29. The van der Waals surface area contributed by atoms with E-state index in [1.54, 1.807) is 0 Å². The second-order valence-electron chi connectivity index (χ2n) is 5.69. The van der Waals surface area contributed by atoms with Crippen molar-refractivity contribution < 1.29 is 0 Å². The van der Waals surface area contributed by atoms with Gasteiger partial charge in [0.05, 0.1) is 0 Å². The maximum Gasteiger partial charge on any atom is 0.193 e. The Bertz CT molecular complexity index is 456. The fraction of sp³-hybridized carbons (Fsp3) is 0.562. The molecule has 4 heteroatoms. The van der Waals surface area contributed by atoms with Gasteiger partial charge in [-0.3, -0.25) is 4.99 Å². The molecule has 2 aliphatic rings. The molecule has 3 nitrogen and oxygen atoms in total. The number of nitrogens with zero attached hydrogens (tertiary/aromatic N) is 2. The zero-order valence-corrected chi connectivity index (χ0v) is 12.9. The van der Waals surface area contributed by atoms with Crippen LogP contribution in [0.15, 0.2) is 40.2 Å². The third kappa shape index (κ3) is 3.69. The minimum atomic E-state index is 0.687. The number of hydrogen-bond acceptors (Lipinski definition) is 2. The molecule has 0 radical (unpaired) electrons. The average molecular weight is 289 g/mol. The van der Waals surface area contributed by atoms with Gasteiger partial charge in [-0.25, -0.2) is 0 Å². The van der Waals surface area contributed by atoms with Gasteiger partial charge in [-0.1, -0.05) is 18.2 Å². The van der Waals surface area contributed by atoms with Gasteiger partial charge in [0.15, 0.2) is 5.96 Å². The van der Waals surface area contributed by atoms with Gasteiger partial charge in [-0.15, -0.1) is 11.8 Å². The number of aliphatic imine (C=N–C) groups is 1. The lowest BCUT2D eigenvalue weighted by Crippen LogP contribution is -2.41. The lowest BCUT2D eigenvalue weighted by atomic mass is 10.2. The van der Waals surface area contributed by atoms with E-state index in [4.69, 9.17) is 0 Å². The quantitative estimate of drug-likeness (QED) is 0.525. The first-order valence-electron chi connectivity index (χ1n) is 7.51. The molecule has 1 N–H and O–H groups in total. The van der Waals surface area contributed by atoms with Crippen molar-refractivity contribution in [2.24, 2.45) is 10.9 Å². The predicted octanol–water partition coefficient (Wildman–Crippen LogP) is 2.84. The fourth-order valence-electron chi connectivity index (χ4n) is 2.60. The highest BCUT2D eigenvalue weighted by atomic mass is 32.2. The zero-order valence-electron chi connectivity index (χ0n) is 12.1. The van der Waals surface area contributed by atoms with Gasteiger partial charge in [-0.05, 0) is 37.3 Å². The maximum atomic E-state index is 4.43. The van der Waals surface area contributed by atoms with Crippen LogP contribution in [0.25, 0.3) is 0 Å². The van der Waals surface area contributed by atoms with Crippen molar-refractivity contribution in [1.29, 1.82) is 0 Å². The molecule has 20 heavy (non-hydrogen) atoms. The van der Waals surface area contributed by atoms with Crippen LogP contribution in [-0.2, 0) is 0 Å². The monoisotopic (exact) mass is 289 g/mol. The van der Waals surface area contributed by atoms with Crippen LogP contribution in [0.1, 0.15) is 19.3 Å². The van der Waals surface area contributed by atoms with Gasteiger partial charge in [0.1, 0.15) is 0 Å². The molecule has 1 saturated carbocycles. The normalized spacial score (nSPS) is 23.1. The number of benzene rings is 1. The third-order valence-electron chi connectivity index (χ3n) is 3.94. The molecular weight excluding hydrogens is 266 g/mol. The van der Waals surface area contributed by atoms with E-state index in [1.807, 2.05) is 18.8 Å². The van der Waals surface area contributed by atoms with E-state index in [0.29, 0.717) is 6.04 Å². The minimum absolute atomic E-state index is 0.687. The van der Waals surface area contributed by atoms with E-state index in [0.717, 1.165) is 25.0 Å². The number of nitrogens with one attached hydrogen (secondary N) is 1. The molecule has 108 valence electrons. The van der Waals surface area contributed by atoms with Crippen LogP contribution in [0.2, 0.25) is 0 Å². The Hall–Kier alpha value is -1.16. The molecule has 0 amide bonds. The molecule has 1 aliphatic heterocycles. The molecule has 1 saturated heterocycles. The van der Waals surface area contributed by atoms with Crippen molar-refractivity contribution in [1.82, 2.24) is 10.2 Å². The molecule has 1 heterocycles. The Morgan fingerprint density at radius 2 is 2.10 bits per heavy atom. The first-order chi connectivity index (χ1) is 9.85. The Balaban J connectivity index is 1.46. The van der Waals surface area contributed by atoms with Gasteiger partial charge < -0.3 is 10.2 Å². The minimum Gasteiger partial charge on any atom is -0.354 e. The van der Waals surface area contributed by atoms with E-state index in [1.165, 1.54) is 29.9 Å². The zero-order chi connectivity index (χ0) is 13.8. The molecule has 1 aliphatic carbocycles. The van der Waals surface area contributed by atoms with Crippen molar-refractivity contribution in [3.8, 4) is 0 Å². The molecule has 2 fully saturated rings. The largest absolute Gasteiger partial charge is 0.354 e. The van der Waals surface area contributed by atoms with Crippen molar-refractivity contribution in [2.45, 2.75) is 30.2 Å². The highest BCUT2D eigenvalue weighted by molar-refractivity contribution is 7.99. The molecule has 0 aromatic heterocycles. The molecule has 1 unspecified atom stereocenters. The third-order valence-corrected chi connectivity index (χ3v) is 5.18. The highest BCUT2D eigenvalue weighted by Crippen LogP contribution is 2.26. The summed E-state index contributed by atoms with van der Waals surface area (Å²) < 4.78 is 0. The standard InChI is InChI=1S/C16H23N3S/c1-17-16(18-14-7-8-14)19-10-9-13(11-19)12-20-15-5-3-2-4-6-15/h2-6,13-14H,7-12H2,1H3,(H,17,18). The van der Waals surface area contributed by atoms with Crippen LogP contribution in [0.5, 0.6) is 0 Å². The van der Waals surface area contributed by atoms with Crippen molar-refractivity contribution in [3.05, 3.63) is 30.3 Å². The van der Waals surface area contributed by atoms with Crippen molar-refractivity contribution in [2.75, 3.05) is 25.9 Å². The van der Waals surface area contributed by atoms with Crippen LogP contribution >= 0.6 is 11.8 Å². The lowest BCUT2D eigenvalue weighted by Gasteiger charge is -2.21. The predicted molar refractivity (Wildman–Crippen MR) is 86.4 cm³/mol. The van der Waals surface area contributed by atoms with Gasteiger partial charge >= 0.3 is 0 Å². The van der Waals surface area contributed by atoms with Crippen LogP contribution < -0.4 is 5.32 Å². The van der Waals surface area contributed by atoms with Crippen molar-refractivity contribution in [3.63, 3.8) is 0 Å². The van der Waals surface area contributed by atoms with Crippen LogP contribution in [0, 0.1) is 5.92 Å². The number of guanidine groups is 1. The summed E-state index contributed by atoms with van der Waals surface area (Å²) in [5, 5.41) is 3.55. The Kier molecular flexibility index (Phi) is 4.51. The molecule has 1 aromatic rings. The molecule has 3 rings (SSSR count). The smallest absolute Gasteiger partial charge is 0.193 e. The van der Waals surface area contributed by atoms with E-state index in [2.05, 4.69) is 45.5 Å². The molecule has 1 aromatic carbocycles. The summed E-state index contributed by atoms with van der Waals surface area (Å²) in [7, 11) is 1.90. The number of thioether (sulfide) groups is 1. The molecule has 0 bridgehead atoms. The Labute approximate surface area is 125 Å². The van der Waals surface area contributed by atoms with E-state index < -0.39 is 0 Å². The fourth-order valence-corrected chi connectivity index (χ4v) is 3.65. The first kappa shape index (κ1) is 13.8. The van der Waals surface area contributed by atoms with Crippen LogP contribution in [-0.4, -0.2) is 42.8 Å². The Morgan fingerprint density at radius 3 is 2.80 bits per heavy atom. The van der Waals surface area contributed by atoms with Crippen molar-refractivity contribution >= 4 is 17.7 Å². The van der Waals surface area contributed by atoms with E-state index in [-0.39, 0.29) is 0 Å². The Morgan fingerprint density at radius 1 is 1.30 bits per heavy atom. The SMILES string of the molecule is CN=C(NC1CC1)N1CCC(CSc2ccccc2)C1. The summed E-state index contributed by atoms with van der Waals surface area (Å²) in [5.74, 6) is 3.10.